The zero-order valence-corrected chi connectivity index (χ0v) is 52.6. The van der Waals surface area contributed by atoms with E-state index in [1.54, 1.807) is 40.9 Å². The number of halogens is 1. The molecule has 0 bridgehead atoms. The largest absolute Gasteiger partial charge is 0.459 e. The number of nitrogens with zero attached hydrogens (tertiary/aromatic N) is 2. The van der Waals surface area contributed by atoms with Crippen LogP contribution in [0.4, 0.5) is 0 Å². The summed E-state index contributed by atoms with van der Waals surface area (Å²) in [6.45, 7) is 26.6. The predicted molar refractivity (Wildman–Crippen MR) is 307 cm³/mol. The van der Waals surface area contributed by atoms with Gasteiger partial charge in [-0.1, -0.05) is 60.1 Å². The van der Waals surface area contributed by atoms with Crippen LogP contribution < -0.4 is 5.32 Å². The predicted octanol–water partition coefficient (Wildman–Crippen LogP) is 5.67. The Labute approximate surface area is 488 Å². The number of aliphatic hydroxyl groups excluding tert-OH is 3. The minimum atomic E-state index is -1.97. The number of hydrogen-bond donors (Lipinski definition) is 7. The molecule has 3 saturated carbocycles. The highest BCUT2D eigenvalue weighted by Gasteiger charge is 2.75. The zero-order chi connectivity index (χ0) is 60.5. The Kier molecular flexibility index (Phi) is 20.1. The molecular formula is C62H104ClN3O15. The van der Waals surface area contributed by atoms with Gasteiger partial charge in [0.15, 0.2) is 24.0 Å². The van der Waals surface area contributed by atoms with E-state index in [4.69, 9.17) is 40.0 Å². The monoisotopic (exact) mass is 1170 g/mol. The van der Waals surface area contributed by atoms with Crippen molar-refractivity contribution in [2.24, 2.45) is 52.3 Å². The van der Waals surface area contributed by atoms with E-state index in [1.165, 1.54) is 13.0 Å². The quantitative estimate of drug-likeness (QED) is 0.0707. The number of esters is 1. The molecule has 7 N–H and O–H groups in total. The highest BCUT2D eigenvalue weighted by molar-refractivity contribution is 6.26. The van der Waals surface area contributed by atoms with Crippen LogP contribution in [0.3, 0.4) is 0 Å². The van der Waals surface area contributed by atoms with Gasteiger partial charge in [0, 0.05) is 67.9 Å². The smallest absolute Gasteiger partial charge is 0.311 e. The Hall–Kier alpha value is -2.14. The first-order valence-corrected chi connectivity index (χ1v) is 30.8. The number of nitrogens with one attached hydrogen (secondary N) is 1. The van der Waals surface area contributed by atoms with Gasteiger partial charge in [-0.3, -0.25) is 19.3 Å². The third kappa shape index (κ3) is 11.9. The summed E-state index contributed by atoms with van der Waals surface area (Å²) in [5, 5.41) is 77.9. The Morgan fingerprint density at radius 1 is 0.914 bits per heavy atom. The van der Waals surface area contributed by atoms with Gasteiger partial charge in [-0.25, -0.2) is 0 Å². The van der Waals surface area contributed by atoms with E-state index in [0.717, 1.165) is 5.57 Å². The summed E-state index contributed by atoms with van der Waals surface area (Å²) in [5.74, 6) is -4.46. The van der Waals surface area contributed by atoms with Gasteiger partial charge in [-0.15, -0.1) is 11.6 Å². The van der Waals surface area contributed by atoms with Crippen LogP contribution in [0.25, 0.3) is 0 Å². The lowest BCUT2D eigenvalue weighted by Gasteiger charge is -2.63. The fraction of sp³-hybridized carbons (Fsp3) is 0.887. The number of ether oxygens (including phenoxy) is 6. The molecular weight excluding hydrogens is 1060 g/mol. The van der Waals surface area contributed by atoms with Gasteiger partial charge >= 0.3 is 5.97 Å². The minimum absolute atomic E-state index is 0.00583. The summed E-state index contributed by atoms with van der Waals surface area (Å²) in [4.78, 5) is 44.7. The number of methoxy groups -OCH3 is 1. The van der Waals surface area contributed by atoms with Crippen molar-refractivity contribution < 1.29 is 73.4 Å². The summed E-state index contributed by atoms with van der Waals surface area (Å²) in [5.41, 5.74) is -7.07. The normalized spacial score (nSPS) is 50.3. The van der Waals surface area contributed by atoms with E-state index in [9.17, 15) is 45.0 Å². The molecule has 81 heavy (non-hydrogen) atoms. The third-order valence-electron chi connectivity index (χ3n) is 22.1. The number of likely N-dealkylation sites (N-methyl/N-ethyl adjacent to an activating group) is 1. The van der Waals surface area contributed by atoms with Crippen LogP contribution in [0.1, 0.15) is 155 Å². The fourth-order valence-electron chi connectivity index (χ4n) is 16.7. The van der Waals surface area contributed by atoms with Crippen molar-refractivity contribution in [1.82, 2.24) is 15.1 Å². The van der Waals surface area contributed by atoms with Crippen molar-refractivity contribution in [2.45, 2.75) is 255 Å². The molecule has 3 aliphatic heterocycles. The lowest BCUT2D eigenvalue weighted by Crippen LogP contribution is -2.69. The summed E-state index contributed by atoms with van der Waals surface area (Å²) >= 11 is 7.68. The number of fused-ring (bicyclic) bond motifs is 5. The van der Waals surface area contributed by atoms with Gasteiger partial charge in [0.2, 0.25) is 0 Å². The average Bonchev–Trinajstić information content (AvgIpc) is 2.79. The van der Waals surface area contributed by atoms with E-state index in [1.807, 2.05) is 85.4 Å². The number of rotatable bonds is 12. The van der Waals surface area contributed by atoms with Crippen molar-refractivity contribution in [3.8, 4) is 0 Å². The van der Waals surface area contributed by atoms with Gasteiger partial charge in [0.25, 0.3) is 5.91 Å². The highest BCUT2D eigenvalue weighted by atomic mass is 35.5. The van der Waals surface area contributed by atoms with E-state index in [0.29, 0.717) is 45.1 Å². The number of allylic oxidation sites excluding steroid dienone is 4. The van der Waals surface area contributed by atoms with Crippen molar-refractivity contribution in [3.05, 3.63) is 23.8 Å². The first kappa shape index (κ1) is 66.4. The summed E-state index contributed by atoms with van der Waals surface area (Å²) in [6, 6.07) is -1.09. The summed E-state index contributed by atoms with van der Waals surface area (Å²) in [7, 11) is 5.42. The minimum Gasteiger partial charge on any atom is -0.459 e. The van der Waals surface area contributed by atoms with Crippen LogP contribution in [0, 0.1) is 52.3 Å². The molecule has 7 rings (SSSR count). The lowest BCUT2D eigenvalue weighted by atomic mass is 9.45. The molecule has 3 heterocycles. The number of alkyl halides is 1. The van der Waals surface area contributed by atoms with Gasteiger partial charge in [-0.05, 0) is 150 Å². The molecule has 26 atom stereocenters. The van der Waals surface area contributed by atoms with E-state index in [2.05, 4.69) is 12.2 Å². The van der Waals surface area contributed by atoms with Gasteiger partial charge in [-0.2, -0.15) is 0 Å². The molecule has 5 unspecified atom stereocenters. The molecule has 0 radical (unpaired) electrons. The second kappa shape index (κ2) is 24.6. The first-order valence-electron chi connectivity index (χ1n) is 30.4. The van der Waals surface area contributed by atoms with Gasteiger partial charge in [0.05, 0.1) is 52.5 Å². The molecule has 0 spiro atoms. The van der Waals surface area contributed by atoms with Crippen LogP contribution in [-0.2, 0) is 42.8 Å². The topological polar surface area (TPSA) is 246 Å². The second-order valence-corrected chi connectivity index (χ2v) is 28.5. The molecule has 6 fully saturated rings. The molecule has 0 aromatic heterocycles. The van der Waals surface area contributed by atoms with E-state index < -0.39 is 123 Å². The van der Waals surface area contributed by atoms with Crippen LogP contribution in [0.15, 0.2) is 23.8 Å². The van der Waals surface area contributed by atoms with Crippen LogP contribution in [-0.4, -0.2) is 200 Å². The molecule has 464 valence electrons. The number of carbonyl (C=O) groups is 3. The number of amides is 1. The average molecular weight is 1170 g/mol. The Morgan fingerprint density at radius 2 is 1.58 bits per heavy atom. The molecule has 7 aliphatic rings. The Balaban J connectivity index is 1.16. The van der Waals surface area contributed by atoms with Crippen molar-refractivity contribution in [2.75, 3.05) is 40.8 Å². The van der Waals surface area contributed by atoms with Crippen molar-refractivity contribution >= 4 is 29.3 Å². The van der Waals surface area contributed by atoms with Crippen LogP contribution in [0.2, 0.25) is 0 Å². The van der Waals surface area contributed by atoms with Gasteiger partial charge < -0.3 is 69.3 Å². The Morgan fingerprint density at radius 3 is 2.21 bits per heavy atom. The standard InChI is InChI=1S/C62H104ClN3O15/c1-18-47-60(14,74)51(70)39(8)66(25-19-24-64-55(72)62(75)34(3)26-44-43-21-20-41-28-42(67)22-23-56(41,10)61(43,63)46(68)30-57(44,62)11)32-33(2)29-58(12,73)52(81-54-49(69)45(65(15)16)27-35(4)77-54)36(5)50(37(6)53(71)79-47)80-48-31-59(13,76-17)38(7)40(9)78-48/h22-23,28,33-40,43-52,54,68-70,73-75H,18-21,24-27,29-32H2,1-17H3,(H,64,72)/t33-,34+,35?,36+,37-,38-,39-,40?,43?,44?,45-,46+,47-,48-,49-,50+,51-,52-,54?,56+,57+,58-,59+,60-,61+,62+/m1/s1. The molecule has 0 aromatic carbocycles. The second-order valence-electron chi connectivity index (χ2n) is 27.8. The summed E-state index contributed by atoms with van der Waals surface area (Å²) in [6.07, 6.45) is -1.36. The highest BCUT2D eigenvalue weighted by Crippen LogP contribution is 2.71. The molecule has 3 saturated heterocycles. The Bertz CT molecular complexity index is 2300. The van der Waals surface area contributed by atoms with Crippen molar-refractivity contribution in [3.63, 3.8) is 0 Å². The SMILES string of the molecule is CC[C@H]1OC(=O)[C@H](C)[C@@H](O[C@@H]2C[C@](C)(OC)[C@H](C)C(C)O2)[C@H](C)[C@@H](OC2OC(C)C[C@@H](N(C)C)[C@H]2O)[C@](C)(O)C[C@@H](C)CN(CCCNC(=O)[C@@]2(O)[C@@H](C)CC3C4CCC5=CC(=O)C=C[C@]5(C)[C@@]4(Cl)[C@@H](O)C[C@@]32C)[C@H](C)[C@@H](O)[C@]1(C)O. The number of cyclic esters (lactones) is 1. The number of hydrogen-bond acceptors (Lipinski definition) is 17. The number of carbonyl (C=O) groups excluding carboxylic acids is 3. The molecule has 19 heteroatoms. The number of aliphatic hydroxyl groups is 6. The maximum atomic E-state index is 14.8. The van der Waals surface area contributed by atoms with Gasteiger partial charge in [0.1, 0.15) is 23.9 Å². The van der Waals surface area contributed by atoms with Crippen LogP contribution in [0.5, 0.6) is 0 Å². The maximum Gasteiger partial charge on any atom is 0.311 e. The lowest BCUT2D eigenvalue weighted by molar-refractivity contribution is -0.313. The molecule has 1 amide bonds. The fourth-order valence-corrected chi connectivity index (χ4v) is 17.2. The van der Waals surface area contributed by atoms with Crippen molar-refractivity contribution in [1.29, 1.82) is 0 Å². The van der Waals surface area contributed by atoms with E-state index >= 15 is 0 Å². The first-order chi connectivity index (χ1) is 37.5. The maximum absolute atomic E-state index is 14.8. The molecule has 4 aliphatic carbocycles. The van der Waals surface area contributed by atoms with E-state index in [-0.39, 0.29) is 80.1 Å². The zero-order valence-electron chi connectivity index (χ0n) is 51.8. The number of ketones is 1. The summed E-state index contributed by atoms with van der Waals surface area (Å²) < 4.78 is 39.0. The molecule has 18 nitrogen and oxygen atoms in total. The third-order valence-corrected chi connectivity index (χ3v) is 23.0. The van der Waals surface area contributed by atoms with Crippen LogP contribution >= 0.6 is 11.6 Å². The molecule has 0 aromatic rings.